The fourth-order valence-electron chi connectivity index (χ4n) is 3.28. The van der Waals surface area contributed by atoms with Crippen LogP contribution in [-0.4, -0.2) is 27.3 Å². The summed E-state index contributed by atoms with van der Waals surface area (Å²) in [5, 5.41) is 10.5. The maximum absolute atomic E-state index is 10.5. The summed E-state index contributed by atoms with van der Waals surface area (Å²) in [6, 6.07) is 29.6. The molecule has 0 aliphatic heterocycles. The van der Waals surface area contributed by atoms with Crippen molar-refractivity contribution in [1.82, 2.24) is 9.97 Å². The Balaban J connectivity index is 1.69. The molecular formula is C26H23N3O. The molecule has 30 heavy (non-hydrogen) atoms. The lowest BCUT2D eigenvalue weighted by Gasteiger charge is -2.12. The van der Waals surface area contributed by atoms with E-state index in [1.165, 1.54) is 0 Å². The Morgan fingerprint density at radius 1 is 0.833 bits per heavy atom. The van der Waals surface area contributed by atoms with Gasteiger partial charge >= 0.3 is 0 Å². The highest BCUT2D eigenvalue weighted by atomic mass is 16.3. The Labute approximate surface area is 176 Å². The molecule has 0 aliphatic carbocycles. The average Bonchev–Trinajstić information content (AvgIpc) is 2.83. The van der Waals surface area contributed by atoms with Gasteiger partial charge < -0.3 is 5.11 Å². The van der Waals surface area contributed by atoms with Crippen LogP contribution in [0.4, 0.5) is 0 Å². The molecule has 0 saturated heterocycles. The summed E-state index contributed by atoms with van der Waals surface area (Å²) in [4.78, 5) is 14.1. The van der Waals surface area contributed by atoms with Crippen molar-refractivity contribution in [1.29, 1.82) is 0 Å². The normalized spacial score (nSPS) is 12.5. The van der Waals surface area contributed by atoms with E-state index in [9.17, 15) is 5.11 Å². The first-order valence-corrected chi connectivity index (χ1v) is 9.94. The molecule has 0 aliphatic rings. The molecule has 0 amide bonds. The summed E-state index contributed by atoms with van der Waals surface area (Å²) in [6.07, 6.45) is 1.18. The first-order chi connectivity index (χ1) is 14.7. The van der Waals surface area contributed by atoms with Crippen LogP contribution < -0.4 is 0 Å². The standard InChI is InChI=1S/C26H23N3O/c1-19(27-18-24(30)20-11-5-2-6-12-20)23-17-28-26(22-15-9-4-10-16-22)29-25(23)21-13-7-3-8-14-21/h2-17,24,30H,18H2,1H3. The molecule has 0 fully saturated rings. The highest BCUT2D eigenvalue weighted by Gasteiger charge is 2.14. The lowest BCUT2D eigenvalue weighted by molar-refractivity contribution is 0.187. The molecule has 1 aromatic heterocycles. The first kappa shape index (κ1) is 19.7. The van der Waals surface area contributed by atoms with Crippen LogP contribution in [0, 0.1) is 0 Å². The molecule has 0 bridgehead atoms. The van der Waals surface area contributed by atoms with Crippen molar-refractivity contribution in [2.75, 3.05) is 6.54 Å². The van der Waals surface area contributed by atoms with Gasteiger partial charge in [-0.2, -0.15) is 0 Å². The number of aliphatic imine (C=N–C) groups is 1. The third kappa shape index (κ3) is 4.50. The van der Waals surface area contributed by atoms with Gasteiger partial charge in [0.25, 0.3) is 0 Å². The van der Waals surface area contributed by atoms with E-state index in [-0.39, 0.29) is 6.54 Å². The van der Waals surface area contributed by atoms with Gasteiger partial charge in [-0.15, -0.1) is 0 Å². The quantitative estimate of drug-likeness (QED) is 0.449. The molecular weight excluding hydrogens is 370 g/mol. The lowest BCUT2D eigenvalue weighted by Crippen LogP contribution is -2.07. The zero-order chi connectivity index (χ0) is 20.8. The van der Waals surface area contributed by atoms with Gasteiger partial charge in [-0.3, -0.25) is 4.99 Å². The molecule has 4 aromatic rings. The Morgan fingerprint density at radius 3 is 2.03 bits per heavy atom. The second-order valence-corrected chi connectivity index (χ2v) is 7.04. The molecule has 0 spiro atoms. The van der Waals surface area contributed by atoms with Gasteiger partial charge in [0.1, 0.15) is 0 Å². The highest BCUT2D eigenvalue weighted by Crippen LogP contribution is 2.25. The van der Waals surface area contributed by atoms with Crippen molar-refractivity contribution in [3.05, 3.63) is 108 Å². The number of aliphatic hydroxyl groups is 1. The molecule has 148 valence electrons. The Kier molecular flexibility index (Phi) is 6.06. The Bertz CT molecular complexity index is 1130. The summed E-state index contributed by atoms with van der Waals surface area (Å²) in [7, 11) is 0. The maximum atomic E-state index is 10.5. The monoisotopic (exact) mass is 393 g/mol. The zero-order valence-corrected chi connectivity index (χ0v) is 16.8. The van der Waals surface area contributed by atoms with Crippen LogP contribution in [-0.2, 0) is 0 Å². The third-order valence-corrected chi connectivity index (χ3v) is 4.94. The Morgan fingerprint density at radius 2 is 1.40 bits per heavy atom. The van der Waals surface area contributed by atoms with Crippen molar-refractivity contribution >= 4 is 5.71 Å². The van der Waals surface area contributed by atoms with E-state index in [0.29, 0.717) is 5.82 Å². The topological polar surface area (TPSA) is 58.4 Å². The number of nitrogens with zero attached hydrogens (tertiary/aromatic N) is 3. The van der Waals surface area contributed by atoms with E-state index in [0.717, 1.165) is 33.7 Å². The van der Waals surface area contributed by atoms with E-state index in [2.05, 4.69) is 9.98 Å². The van der Waals surface area contributed by atoms with Gasteiger partial charge in [-0.25, -0.2) is 9.97 Å². The summed E-state index contributed by atoms with van der Waals surface area (Å²) < 4.78 is 0. The lowest BCUT2D eigenvalue weighted by atomic mass is 10.0. The van der Waals surface area contributed by atoms with Crippen LogP contribution >= 0.6 is 0 Å². The summed E-state index contributed by atoms with van der Waals surface area (Å²) in [5.74, 6) is 0.676. The second kappa shape index (κ2) is 9.25. The fraction of sp³-hybridized carbons (Fsp3) is 0.115. The number of rotatable bonds is 6. The van der Waals surface area contributed by atoms with Crippen LogP contribution in [0.1, 0.15) is 24.2 Å². The van der Waals surface area contributed by atoms with Gasteiger partial charge in [-0.1, -0.05) is 91.0 Å². The molecule has 0 saturated carbocycles. The number of hydrogen-bond acceptors (Lipinski definition) is 4. The van der Waals surface area contributed by atoms with Crippen LogP contribution in [0.2, 0.25) is 0 Å². The molecule has 3 aromatic carbocycles. The maximum Gasteiger partial charge on any atom is 0.159 e. The minimum atomic E-state index is -0.647. The van der Waals surface area contributed by atoms with Crippen LogP contribution in [0.25, 0.3) is 22.6 Å². The first-order valence-electron chi connectivity index (χ1n) is 9.94. The minimum Gasteiger partial charge on any atom is -0.386 e. The van der Waals surface area contributed by atoms with Gasteiger partial charge in [0.15, 0.2) is 5.82 Å². The van der Waals surface area contributed by atoms with Crippen molar-refractivity contribution in [2.45, 2.75) is 13.0 Å². The van der Waals surface area contributed by atoms with Gasteiger partial charge in [-0.05, 0) is 12.5 Å². The van der Waals surface area contributed by atoms with E-state index in [1.807, 2.05) is 104 Å². The second-order valence-electron chi connectivity index (χ2n) is 7.04. The van der Waals surface area contributed by atoms with Gasteiger partial charge in [0.05, 0.1) is 18.3 Å². The smallest absolute Gasteiger partial charge is 0.159 e. The van der Waals surface area contributed by atoms with E-state index >= 15 is 0 Å². The van der Waals surface area contributed by atoms with E-state index < -0.39 is 6.10 Å². The largest absolute Gasteiger partial charge is 0.386 e. The number of aromatic nitrogens is 2. The molecule has 0 radical (unpaired) electrons. The molecule has 1 N–H and O–H groups in total. The van der Waals surface area contributed by atoms with Crippen LogP contribution in [0.3, 0.4) is 0 Å². The highest BCUT2D eigenvalue weighted by molar-refractivity contribution is 6.03. The van der Waals surface area contributed by atoms with Crippen molar-refractivity contribution in [2.24, 2.45) is 4.99 Å². The van der Waals surface area contributed by atoms with Crippen molar-refractivity contribution in [3.8, 4) is 22.6 Å². The fourth-order valence-corrected chi connectivity index (χ4v) is 3.28. The van der Waals surface area contributed by atoms with Gasteiger partial charge in [0, 0.05) is 28.6 Å². The third-order valence-electron chi connectivity index (χ3n) is 4.94. The predicted octanol–water partition coefficient (Wildman–Crippen LogP) is 5.35. The van der Waals surface area contributed by atoms with Crippen molar-refractivity contribution < 1.29 is 5.11 Å². The average molecular weight is 393 g/mol. The molecule has 4 nitrogen and oxygen atoms in total. The molecule has 4 heteroatoms. The number of aliphatic hydroxyl groups excluding tert-OH is 1. The minimum absolute atomic E-state index is 0.282. The zero-order valence-electron chi connectivity index (χ0n) is 16.8. The number of hydrogen-bond donors (Lipinski definition) is 1. The number of benzene rings is 3. The Hall–Kier alpha value is -3.63. The summed E-state index contributed by atoms with van der Waals surface area (Å²) in [5.41, 5.74) is 5.32. The molecule has 4 rings (SSSR count). The van der Waals surface area contributed by atoms with E-state index in [1.54, 1.807) is 0 Å². The van der Waals surface area contributed by atoms with Crippen LogP contribution in [0.15, 0.2) is 102 Å². The molecule has 1 atom stereocenters. The molecule has 1 heterocycles. The predicted molar refractivity (Wildman–Crippen MR) is 121 cm³/mol. The summed E-state index contributed by atoms with van der Waals surface area (Å²) >= 11 is 0. The van der Waals surface area contributed by atoms with E-state index in [4.69, 9.17) is 4.98 Å². The van der Waals surface area contributed by atoms with Gasteiger partial charge in [0.2, 0.25) is 0 Å². The SMILES string of the molecule is CC(=NCC(O)c1ccccc1)c1cnc(-c2ccccc2)nc1-c1ccccc1. The summed E-state index contributed by atoms with van der Waals surface area (Å²) in [6.45, 7) is 2.22. The van der Waals surface area contributed by atoms with Crippen molar-refractivity contribution in [3.63, 3.8) is 0 Å². The van der Waals surface area contributed by atoms with Crippen LogP contribution in [0.5, 0.6) is 0 Å². The molecule has 1 unspecified atom stereocenters.